The molecule has 2 nitrogen and oxygen atoms in total. The molecule has 0 saturated carbocycles. The molecule has 0 aliphatic carbocycles. The van der Waals surface area contributed by atoms with Crippen molar-refractivity contribution in [2.75, 3.05) is 18.8 Å². The second-order valence-electron chi connectivity index (χ2n) is 7.79. The number of thioether (sulfide) groups is 1. The summed E-state index contributed by atoms with van der Waals surface area (Å²) in [4.78, 5) is 14.8. The van der Waals surface area contributed by atoms with E-state index in [0.29, 0.717) is 13.1 Å². The van der Waals surface area contributed by atoms with Crippen molar-refractivity contribution in [3.05, 3.63) is 71.0 Å². The minimum absolute atomic E-state index is 0.0697. The lowest BCUT2D eigenvalue weighted by Crippen LogP contribution is -2.33. The van der Waals surface area contributed by atoms with Crippen LogP contribution in [0, 0.1) is 5.82 Å². The highest BCUT2D eigenvalue weighted by molar-refractivity contribution is 7.99. The minimum atomic E-state index is -0.150. The highest BCUT2D eigenvalue weighted by Gasteiger charge is 2.24. The fourth-order valence-corrected chi connectivity index (χ4v) is 4.51. The van der Waals surface area contributed by atoms with Gasteiger partial charge in [-0.2, -0.15) is 11.8 Å². The Bertz CT molecular complexity index is 766. The summed E-state index contributed by atoms with van der Waals surface area (Å²) in [6.07, 6.45) is 0.775. The molecular formula is C22H26FNOS. The zero-order valence-corrected chi connectivity index (χ0v) is 16.5. The first-order chi connectivity index (χ1) is 12.4. The summed E-state index contributed by atoms with van der Waals surface area (Å²) < 4.78 is 14.1. The third-order valence-corrected chi connectivity index (χ3v) is 6.19. The first-order valence-electron chi connectivity index (χ1n) is 9.12. The Morgan fingerprint density at radius 1 is 1.08 bits per heavy atom. The van der Waals surface area contributed by atoms with Crippen LogP contribution >= 0.6 is 11.8 Å². The number of hydrogen-bond acceptors (Lipinski definition) is 2. The lowest BCUT2D eigenvalue weighted by atomic mass is 9.86. The fraction of sp³-hybridized carbons (Fsp3) is 0.409. The van der Waals surface area contributed by atoms with Crippen LogP contribution in [0.25, 0.3) is 0 Å². The van der Waals surface area contributed by atoms with Crippen LogP contribution in [-0.4, -0.2) is 29.6 Å². The van der Waals surface area contributed by atoms with Crippen molar-refractivity contribution in [1.82, 2.24) is 4.90 Å². The monoisotopic (exact) mass is 371 g/mol. The van der Waals surface area contributed by atoms with Crippen LogP contribution < -0.4 is 0 Å². The summed E-state index contributed by atoms with van der Waals surface area (Å²) in [5, 5.41) is 0.109. The molecule has 0 spiro atoms. The Kier molecular flexibility index (Phi) is 5.71. The van der Waals surface area contributed by atoms with Gasteiger partial charge >= 0.3 is 0 Å². The Hall–Kier alpha value is -1.81. The van der Waals surface area contributed by atoms with E-state index < -0.39 is 0 Å². The molecule has 0 N–H and O–H groups in total. The van der Waals surface area contributed by atoms with Crippen LogP contribution in [0.3, 0.4) is 0 Å². The quantitative estimate of drug-likeness (QED) is 0.700. The van der Waals surface area contributed by atoms with Crippen molar-refractivity contribution in [2.45, 2.75) is 37.9 Å². The van der Waals surface area contributed by atoms with Crippen LogP contribution in [-0.2, 0) is 5.41 Å². The van der Waals surface area contributed by atoms with Gasteiger partial charge in [0.25, 0.3) is 5.91 Å². The summed E-state index contributed by atoms with van der Waals surface area (Å²) >= 11 is 1.74. The van der Waals surface area contributed by atoms with E-state index in [1.165, 1.54) is 11.6 Å². The Morgan fingerprint density at radius 3 is 2.42 bits per heavy atom. The van der Waals surface area contributed by atoms with Gasteiger partial charge in [-0.25, -0.2) is 4.39 Å². The van der Waals surface area contributed by atoms with Crippen molar-refractivity contribution in [3.8, 4) is 0 Å². The normalized spacial score (nSPS) is 18.5. The molecule has 1 heterocycles. The molecule has 0 aromatic heterocycles. The predicted molar refractivity (Wildman–Crippen MR) is 107 cm³/mol. The molecule has 1 amide bonds. The lowest BCUT2D eigenvalue weighted by molar-refractivity contribution is 0.0766. The van der Waals surface area contributed by atoms with Gasteiger partial charge in [-0.05, 0) is 35.6 Å². The molecule has 1 aliphatic heterocycles. The van der Waals surface area contributed by atoms with Crippen molar-refractivity contribution < 1.29 is 9.18 Å². The highest BCUT2D eigenvalue weighted by Crippen LogP contribution is 2.36. The van der Waals surface area contributed by atoms with Gasteiger partial charge < -0.3 is 4.90 Å². The van der Waals surface area contributed by atoms with Crippen molar-refractivity contribution in [3.63, 3.8) is 0 Å². The number of halogens is 1. The molecular weight excluding hydrogens is 345 g/mol. The summed E-state index contributed by atoms with van der Waals surface area (Å²) in [7, 11) is 0. The Labute approximate surface area is 159 Å². The van der Waals surface area contributed by atoms with Gasteiger partial charge in [-0.1, -0.05) is 51.1 Å². The van der Waals surface area contributed by atoms with Gasteiger partial charge in [0.1, 0.15) is 5.82 Å². The van der Waals surface area contributed by atoms with Gasteiger partial charge in [0.15, 0.2) is 0 Å². The van der Waals surface area contributed by atoms with Gasteiger partial charge in [0, 0.05) is 35.2 Å². The van der Waals surface area contributed by atoms with Crippen LogP contribution in [0.15, 0.2) is 48.5 Å². The average Bonchev–Trinajstić information content (AvgIpc) is 2.87. The second kappa shape index (κ2) is 7.83. The number of carbonyl (C=O) groups excluding carboxylic acids is 1. The molecule has 1 aliphatic rings. The summed E-state index contributed by atoms with van der Waals surface area (Å²) in [5.74, 6) is 0.743. The summed E-state index contributed by atoms with van der Waals surface area (Å²) in [6.45, 7) is 7.86. The average molecular weight is 372 g/mol. The third-order valence-electron chi connectivity index (χ3n) is 4.88. The molecule has 1 atom stereocenters. The van der Waals surface area contributed by atoms with E-state index in [2.05, 4.69) is 20.8 Å². The minimum Gasteiger partial charge on any atom is -0.338 e. The fourth-order valence-electron chi connectivity index (χ4n) is 3.25. The van der Waals surface area contributed by atoms with E-state index in [-0.39, 0.29) is 22.4 Å². The molecule has 4 heteroatoms. The number of benzene rings is 2. The maximum Gasteiger partial charge on any atom is 0.253 e. The number of nitrogens with zero attached hydrogens (tertiary/aromatic N) is 1. The van der Waals surface area contributed by atoms with Crippen LogP contribution in [0.5, 0.6) is 0 Å². The molecule has 2 aromatic rings. The van der Waals surface area contributed by atoms with Gasteiger partial charge in [-0.3, -0.25) is 4.79 Å². The highest BCUT2D eigenvalue weighted by atomic mass is 32.2. The summed E-state index contributed by atoms with van der Waals surface area (Å²) in [6, 6.07) is 14.9. The van der Waals surface area contributed by atoms with E-state index in [9.17, 15) is 9.18 Å². The Balaban J connectivity index is 1.69. The van der Waals surface area contributed by atoms with Crippen molar-refractivity contribution in [2.24, 2.45) is 0 Å². The zero-order chi connectivity index (χ0) is 18.7. The number of hydrogen-bond donors (Lipinski definition) is 0. The first kappa shape index (κ1) is 19.0. The molecule has 26 heavy (non-hydrogen) atoms. The molecule has 138 valence electrons. The van der Waals surface area contributed by atoms with Gasteiger partial charge in [-0.15, -0.1) is 0 Å². The molecule has 0 bridgehead atoms. The maximum atomic E-state index is 14.1. The van der Waals surface area contributed by atoms with Crippen LogP contribution in [0.1, 0.15) is 53.9 Å². The molecule has 1 saturated heterocycles. The van der Waals surface area contributed by atoms with E-state index in [1.807, 2.05) is 41.3 Å². The van der Waals surface area contributed by atoms with Gasteiger partial charge in [0.05, 0.1) is 0 Å². The standard InChI is InChI=1S/C22H26FNOS/c1-22(2,3)17-10-8-16(9-11-17)21(25)24-13-12-20(26-15-14-24)18-6-4-5-7-19(18)23/h4-11,20H,12-15H2,1-3H3. The first-order valence-corrected chi connectivity index (χ1v) is 10.2. The van der Waals surface area contributed by atoms with E-state index in [4.69, 9.17) is 0 Å². The molecule has 0 radical (unpaired) electrons. The molecule has 1 fully saturated rings. The number of amides is 1. The van der Waals surface area contributed by atoms with E-state index >= 15 is 0 Å². The molecule has 1 unspecified atom stereocenters. The van der Waals surface area contributed by atoms with Gasteiger partial charge in [0.2, 0.25) is 0 Å². The Morgan fingerprint density at radius 2 is 1.77 bits per heavy atom. The predicted octanol–water partition coefficient (Wildman–Crippen LogP) is 5.44. The zero-order valence-electron chi connectivity index (χ0n) is 15.7. The maximum absolute atomic E-state index is 14.1. The van der Waals surface area contributed by atoms with Crippen LogP contribution in [0.4, 0.5) is 4.39 Å². The SMILES string of the molecule is CC(C)(C)c1ccc(C(=O)N2CCSC(c3ccccc3F)CC2)cc1. The third kappa shape index (κ3) is 4.29. The van der Waals surface area contributed by atoms with Crippen LogP contribution in [0.2, 0.25) is 0 Å². The number of rotatable bonds is 2. The molecule has 2 aromatic carbocycles. The van der Waals surface area contributed by atoms with E-state index in [0.717, 1.165) is 23.3 Å². The largest absolute Gasteiger partial charge is 0.338 e. The van der Waals surface area contributed by atoms with Crippen molar-refractivity contribution >= 4 is 17.7 Å². The number of carbonyl (C=O) groups is 1. The van der Waals surface area contributed by atoms with Crippen molar-refractivity contribution in [1.29, 1.82) is 0 Å². The second-order valence-corrected chi connectivity index (χ2v) is 9.10. The topological polar surface area (TPSA) is 20.3 Å². The molecule has 3 rings (SSSR count). The lowest BCUT2D eigenvalue weighted by Gasteiger charge is -2.22. The smallest absolute Gasteiger partial charge is 0.253 e. The summed E-state index contributed by atoms with van der Waals surface area (Å²) in [5.41, 5.74) is 2.78. The van der Waals surface area contributed by atoms with E-state index in [1.54, 1.807) is 17.8 Å².